The molecule has 0 heterocycles. The SMILES string of the molecule is CNc1ccc([C@H]2C[C@]3(C)[C@@H](CC[C@]3(O)CCCO)[C@@H]3CCC4=CC(=O)CCC4=C32)cc1. The van der Waals surface area contributed by atoms with Gasteiger partial charge in [-0.2, -0.15) is 0 Å². The Bertz CT molecular complexity index is 961. The van der Waals surface area contributed by atoms with Gasteiger partial charge >= 0.3 is 0 Å². The monoisotopic (exact) mass is 435 g/mol. The summed E-state index contributed by atoms with van der Waals surface area (Å²) >= 11 is 0. The Balaban J connectivity index is 1.63. The fraction of sp³-hybridized carbons (Fsp3) is 0.607. The Kier molecular flexibility index (Phi) is 5.58. The fourth-order valence-electron chi connectivity index (χ4n) is 7.72. The van der Waals surface area contributed by atoms with Crippen molar-refractivity contribution in [3.05, 3.63) is 52.6 Å². The largest absolute Gasteiger partial charge is 0.396 e. The Labute approximate surface area is 191 Å². The van der Waals surface area contributed by atoms with Crippen molar-refractivity contribution in [1.29, 1.82) is 0 Å². The first kappa shape index (κ1) is 21.9. The van der Waals surface area contributed by atoms with E-state index in [2.05, 4.69) is 36.5 Å². The van der Waals surface area contributed by atoms with Crippen LogP contribution < -0.4 is 5.32 Å². The van der Waals surface area contributed by atoms with E-state index in [9.17, 15) is 15.0 Å². The molecule has 0 spiro atoms. The van der Waals surface area contributed by atoms with Gasteiger partial charge < -0.3 is 15.5 Å². The number of ketones is 1. The number of hydrogen-bond acceptors (Lipinski definition) is 4. The highest BCUT2D eigenvalue weighted by molar-refractivity contribution is 5.93. The van der Waals surface area contributed by atoms with Crippen LogP contribution in [0.3, 0.4) is 0 Å². The molecule has 0 unspecified atom stereocenters. The van der Waals surface area contributed by atoms with Crippen molar-refractivity contribution in [2.24, 2.45) is 17.3 Å². The fourth-order valence-corrected chi connectivity index (χ4v) is 7.72. The van der Waals surface area contributed by atoms with Crippen LogP contribution in [-0.4, -0.2) is 35.3 Å². The number of allylic oxidation sites excluding steroid dienone is 4. The molecular weight excluding hydrogens is 398 g/mol. The summed E-state index contributed by atoms with van der Waals surface area (Å²) in [6, 6.07) is 8.80. The molecule has 0 aliphatic heterocycles. The molecule has 5 rings (SSSR count). The number of carbonyl (C=O) groups is 1. The quantitative estimate of drug-likeness (QED) is 0.600. The maximum Gasteiger partial charge on any atom is 0.156 e. The van der Waals surface area contributed by atoms with Crippen LogP contribution in [0.15, 0.2) is 47.1 Å². The molecule has 0 saturated heterocycles. The van der Waals surface area contributed by atoms with Gasteiger partial charge in [0.1, 0.15) is 0 Å². The summed E-state index contributed by atoms with van der Waals surface area (Å²) in [7, 11) is 1.94. The highest BCUT2D eigenvalue weighted by Gasteiger charge is 2.62. The van der Waals surface area contributed by atoms with E-state index in [0.29, 0.717) is 31.1 Å². The molecule has 0 radical (unpaired) electrons. The lowest BCUT2D eigenvalue weighted by Crippen LogP contribution is -2.51. The van der Waals surface area contributed by atoms with E-state index in [4.69, 9.17) is 0 Å². The van der Waals surface area contributed by atoms with Crippen molar-refractivity contribution < 1.29 is 15.0 Å². The van der Waals surface area contributed by atoms with Crippen LogP contribution in [0.25, 0.3) is 0 Å². The van der Waals surface area contributed by atoms with Crippen LogP contribution in [0.4, 0.5) is 5.69 Å². The van der Waals surface area contributed by atoms with Gasteiger partial charge in [0, 0.05) is 37.1 Å². The maximum atomic E-state index is 12.2. The summed E-state index contributed by atoms with van der Waals surface area (Å²) in [5, 5.41) is 24.6. The second-order valence-corrected chi connectivity index (χ2v) is 10.8. The van der Waals surface area contributed by atoms with Crippen molar-refractivity contribution in [3.8, 4) is 0 Å². The molecule has 1 aromatic carbocycles. The minimum Gasteiger partial charge on any atom is -0.396 e. The minimum absolute atomic E-state index is 0.138. The van der Waals surface area contributed by atoms with Gasteiger partial charge in [-0.1, -0.05) is 24.6 Å². The number of benzene rings is 1. The average molecular weight is 436 g/mol. The molecule has 2 saturated carbocycles. The predicted molar refractivity (Wildman–Crippen MR) is 128 cm³/mol. The van der Waals surface area contributed by atoms with Gasteiger partial charge in [0.15, 0.2) is 5.78 Å². The Hall–Kier alpha value is -1.91. The van der Waals surface area contributed by atoms with E-state index >= 15 is 0 Å². The van der Waals surface area contributed by atoms with Crippen LogP contribution in [0.5, 0.6) is 0 Å². The van der Waals surface area contributed by atoms with Gasteiger partial charge in [0.05, 0.1) is 5.60 Å². The molecule has 2 fully saturated rings. The summed E-state index contributed by atoms with van der Waals surface area (Å²) < 4.78 is 0. The van der Waals surface area contributed by atoms with Crippen molar-refractivity contribution in [2.45, 2.75) is 76.2 Å². The van der Waals surface area contributed by atoms with Gasteiger partial charge in [0.2, 0.25) is 0 Å². The first-order valence-electron chi connectivity index (χ1n) is 12.5. The lowest BCUT2D eigenvalue weighted by Gasteiger charge is -2.55. The Morgan fingerprint density at radius 1 is 1.12 bits per heavy atom. The zero-order valence-corrected chi connectivity index (χ0v) is 19.5. The van der Waals surface area contributed by atoms with E-state index in [1.807, 2.05) is 13.1 Å². The third-order valence-corrected chi connectivity index (χ3v) is 9.41. The smallest absolute Gasteiger partial charge is 0.156 e. The number of fused-ring (bicyclic) bond motifs is 4. The van der Waals surface area contributed by atoms with E-state index in [0.717, 1.165) is 44.2 Å². The molecule has 4 nitrogen and oxygen atoms in total. The highest BCUT2D eigenvalue weighted by Crippen LogP contribution is 2.67. The Morgan fingerprint density at radius 2 is 1.91 bits per heavy atom. The first-order valence-corrected chi connectivity index (χ1v) is 12.5. The zero-order valence-electron chi connectivity index (χ0n) is 19.5. The first-order chi connectivity index (χ1) is 15.4. The molecular formula is C28H37NO3. The third kappa shape index (κ3) is 3.30. The molecule has 0 amide bonds. The molecule has 0 bridgehead atoms. The van der Waals surface area contributed by atoms with Gasteiger partial charge in [0.25, 0.3) is 0 Å². The number of aliphatic hydroxyl groups excluding tert-OH is 1. The van der Waals surface area contributed by atoms with Gasteiger partial charge in [-0.05, 0) is 98.1 Å². The van der Waals surface area contributed by atoms with E-state index in [-0.39, 0.29) is 23.7 Å². The molecule has 1 aromatic rings. The van der Waals surface area contributed by atoms with Crippen LogP contribution >= 0.6 is 0 Å². The molecule has 4 aliphatic carbocycles. The molecule has 3 N–H and O–H groups in total. The summed E-state index contributed by atoms with van der Waals surface area (Å²) in [6.45, 7) is 2.47. The molecule has 4 heteroatoms. The predicted octanol–water partition coefficient (Wildman–Crippen LogP) is 5.13. The van der Waals surface area contributed by atoms with E-state index < -0.39 is 5.60 Å². The summed E-state index contributed by atoms with van der Waals surface area (Å²) in [6.07, 6.45) is 9.67. The van der Waals surface area contributed by atoms with Crippen molar-refractivity contribution in [2.75, 3.05) is 19.0 Å². The van der Waals surface area contributed by atoms with Gasteiger partial charge in [-0.15, -0.1) is 0 Å². The zero-order chi connectivity index (χ0) is 22.5. The standard InChI is InChI=1S/C28H37NO3/c1-27-17-24(18-4-7-20(29-2)8-5-18)26-22-11-9-21(31)16-19(22)6-10-23(26)25(27)12-14-28(27,32)13-3-15-30/h4-5,7-8,16,23-25,29-30,32H,3,6,9-15,17H2,1-2H3/t23-,24+,25-,27+,28+/m0/s1. The summed E-state index contributed by atoms with van der Waals surface area (Å²) in [5.74, 6) is 1.50. The normalized spacial score (nSPS) is 36.3. The van der Waals surface area contributed by atoms with Gasteiger partial charge in [-0.25, -0.2) is 0 Å². The van der Waals surface area contributed by atoms with Crippen LogP contribution in [0, 0.1) is 17.3 Å². The molecule has 0 aromatic heterocycles. The summed E-state index contributed by atoms with van der Waals surface area (Å²) in [4.78, 5) is 12.2. The second kappa shape index (κ2) is 8.14. The molecule has 5 atom stereocenters. The lowest BCUT2D eigenvalue weighted by molar-refractivity contribution is -0.114. The summed E-state index contributed by atoms with van der Waals surface area (Å²) in [5.41, 5.74) is 5.87. The van der Waals surface area contributed by atoms with Gasteiger partial charge in [-0.3, -0.25) is 4.79 Å². The minimum atomic E-state index is -0.710. The number of anilines is 1. The van der Waals surface area contributed by atoms with E-state index in [1.165, 1.54) is 16.7 Å². The topological polar surface area (TPSA) is 69.6 Å². The molecule has 172 valence electrons. The van der Waals surface area contributed by atoms with Crippen LogP contribution in [0.2, 0.25) is 0 Å². The number of rotatable bonds is 5. The van der Waals surface area contributed by atoms with Crippen molar-refractivity contribution in [3.63, 3.8) is 0 Å². The van der Waals surface area contributed by atoms with E-state index in [1.54, 1.807) is 5.57 Å². The Morgan fingerprint density at radius 3 is 2.62 bits per heavy atom. The van der Waals surface area contributed by atoms with Crippen LogP contribution in [0.1, 0.15) is 76.2 Å². The number of nitrogens with one attached hydrogen (secondary N) is 1. The highest BCUT2D eigenvalue weighted by atomic mass is 16.3. The average Bonchev–Trinajstić information content (AvgIpc) is 3.07. The van der Waals surface area contributed by atoms with Crippen molar-refractivity contribution in [1.82, 2.24) is 0 Å². The maximum absolute atomic E-state index is 12.2. The number of hydrogen-bond donors (Lipinski definition) is 3. The number of carbonyl (C=O) groups excluding carboxylic acids is 1. The molecule has 32 heavy (non-hydrogen) atoms. The lowest BCUT2D eigenvalue weighted by atomic mass is 9.51. The third-order valence-electron chi connectivity index (χ3n) is 9.41. The van der Waals surface area contributed by atoms with Crippen LogP contribution in [-0.2, 0) is 4.79 Å². The molecule has 4 aliphatic rings. The second-order valence-electron chi connectivity index (χ2n) is 10.8. The number of aliphatic hydroxyl groups is 2. The van der Waals surface area contributed by atoms with Crippen molar-refractivity contribution >= 4 is 11.5 Å².